The Kier molecular flexibility index (Phi) is 5.17. The molecule has 0 spiro atoms. The van der Waals surface area contributed by atoms with Gasteiger partial charge in [0, 0.05) is 12.2 Å². The van der Waals surface area contributed by atoms with Crippen LogP contribution in [0.2, 0.25) is 0 Å². The van der Waals surface area contributed by atoms with E-state index in [4.69, 9.17) is 4.74 Å². The molecule has 2 aromatic rings. The quantitative estimate of drug-likeness (QED) is 0.857. The fourth-order valence-corrected chi connectivity index (χ4v) is 2.10. The summed E-state index contributed by atoms with van der Waals surface area (Å²) >= 11 is 0. The number of halogens is 1. The first-order valence-corrected chi connectivity index (χ1v) is 6.93. The molecule has 2 rings (SSSR count). The molecule has 2 N–H and O–H groups in total. The summed E-state index contributed by atoms with van der Waals surface area (Å²) in [5.41, 5.74) is 2.72. The zero-order chi connectivity index (χ0) is 15.2. The molecule has 0 radical (unpaired) electrons. The van der Waals surface area contributed by atoms with E-state index < -0.39 is 6.10 Å². The van der Waals surface area contributed by atoms with E-state index in [2.05, 4.69) is 5.32 Å². The summed E-state index contributed by atoms with van der Waals surface area (Å²) in [6, 6.07) is 12.1. The number of aryl methyl sites for hydroxylation is 2. The molecule has 1 atom stereocenters. The number of aliphatic hydroxyl groups is 1. The Morgan fingerprint density at radius 3 is 2.48 bits per heavy atom. The van der Waals surface area contributed by atoms with Crippen LogP contribution in [0.15, 0.2) is 42.5 Å². The molecule has 0 amide bonds. The molecule has 4 heteroatoms. The van der Waals surface area contributed by atoms with Crippen molar-refractivity contribution in [2.45, 2.75) is 20.0 Å². The lowest BCUT2D eigenvalue weighted by Crippen LogP contribution is -2.26. The molecule has 0 aliphatic rings. The van der Waals surface area contributed by atoms with Crippen molar-refractivity contribution in [1.82, 2.24) is 0 Å². The minimum Gasteiger partial charge on any atom is -0.490 e. The van der Waals surface area contributed by atoms with Crippen molar-refractivity contribution in [3.63, 3.8) is 0 Å². The fourth-order valence-electron chi connectivity index (χ4n) is 2.10. The Morgan fingerprint density at radius 1 is 1.14 bits per heavy atom. The minimum absolute atomic E-state index is 0.189. The number of hydrogen-bond donors (Lipinski definition) is 2. The number of hydrogen-bond acceptors (Lipinski definition) is 3. The Balaban J connectivity index is 1.84. The first kappa shape index (κ1) is 15.3. The van der Waals surface area contributed by atoms with Gasteiger partial charge in [-0.25, -0.2) is 4.39 Å². The molecule has 0 aliphatic carbocycles. The summed E-state index contributed by atoms with van der Waals surface area (Å²) in [6.45, 7) is 4.43. The van der Waals surface area contributed by atoms with Crippen molar-refractivity contribution in [1.29, 1.82) is 0 Å². The van der Waals surface area contributed by atoms with E-state index in [1.54, 1.807) is 12.1 Å². The zero-order valence-electron chi connectivity index (χ0n) is 12.3. The van der Waals surface area contributed by atoms with Crippen LogP contribution in [0.4, 0.5) is 10.1 Å². The van der Waals surface area contributed by atoms with Gasteiger partial charge in [-0.05, 0) is 43.2 Å². The summed E-state index contributed by atoms with van der Waals surface area (Å²) in [4.78, 5) is 0. The maximum absolute atomic E-state index is 13.0. The molecule has 2 aromatic carbocycles. The summed E-state index contributed by atoms with van der Waals surface area (Å²) in [5, 5.41) is 12.9. The van der Waals surface area contributed by atoms with Crippen LogP contribution in [-0.4, -0.2) is 24.4 Å². The van der Waals surface area contributed by atoms with Gasteiger partial charge in [0.05, 0.1) is 0 Å². The van der Waals surface area contributed by atoms with E-state index in [-0.39, 0.29) is 12.4 Å². The number of aliphatic hydroxyl groups excluding tert-OH is 1. The average Bonchev–Trinajstić information content (AvgIpc) is 2.45. The van der Waals surface area contributed by atoms with Crippen molar-refractivity contribution >= 4 is 5.69 Å². The van der Waals surface area contributed by atoms with Gasteiger partial charge in [-0.15, -0.1) is 0 Å². The van der Waals surface area contributed by atoms with Crippen LogP contribution in [0, 0.1) is 19.7 Å². The first-order chi connectivity index (χ1) is 10.1. The van der Waals surface area contributed by atoms with Crippen molar-refractivity contribution in [3.8, 4) is 5.75 Å². The van der Waals surface area contributed by atoms with E-state index in [9.17, 15) is 9.50 Å². The summed E-state index contributed by atoms with van der Waals surface area (Å²) < 4.78 is 18.7. The molecule has 0 bridgehead atoms. The summed E-state index contributed by atoms with van der Waals surface area (Å²) in [5.74, 6) is 0.503. The molecule has 0 saturated carbocycles. The van der Waals surface area contributed by atoms with E-state index in [1.165, 1.54) is 12.1 Å². The van der Waals surface area contributed by atoms with E-state index in [0.717, 1.165) is 16.9 Å². The SMILES string of the molecule is Cc1cccc(C)c1OCC(O)CNc1cccc(F)c1. The van der Waals surface area contributed by atoms with Crippen LogP contribution in [0.5, 0.6) is 5.75 Å². The summed E-state index contributed by atoms with van der Waals surface area (Å²) in [7, 11) is 0. The highest BCUT2D eigenvalue weighted by Crippen LogP contribution is 2.22. The van der Waals surface area contributed by atoms with Crippen LogP contribution in [0.3, 0.4) is 0 Å². The predicted octanol–water partition coefficient (Wildman–Crippen LogP) is 3.29. The maximum Gasteiger partial charge on any atom is 0.125 e. The van der Waals surface area contributed by atoms with Gasteiger partial charge in [-0.1, -0.05) is 24.3 Å². The van der Waals surface area contributed by atoms with Gasteiger partial charge in [-0.2, -0.15) is 0 Å². The van der Waals surface area contributed by atoms with E-state index in [1.807, 2.05) is 32.0 Å². The normalized spacial score (nSPS) is 12.0. The van der Waals surface area contributed by atoms with Crippen LogP contribution in [0.1, 0.15) is 11.1 Å². The second kappa shape index (κ2) is 7.09. The molecule has 0 aromatic heterocycles. The highest BCUT2D eigenvalue weighted by Gasteiger charge is 2.08. The molecule has 3 nitrogen and oxygen atoms in total. The molecule has 0 heterocycles. The largest absolute Gasteiger partial charge is 0.490 e. The van der Waals surface area contributed by atoms with Gasteiger partial charge in [0.1, 0.15) is 24.3 Å². The molecule has 21 heavy (non-hydrogen) atoms. The van der Waals surface area contributed by atoms with Gasteiger partial charge in [0.25, 0.3) is 0 Å². The third kappa shape index (κ3) is 4.46. The molecule has 0 aliphatic heterocycles. The molecule has 0 saturated heterocycles. The molecule has 0 fully saturated rings. The predicted molar refractivity (Wildman–Crippen MR) is 82.3 cm³/mol. The van der Waals surface area contributed by atoms with E-state index >= 15 is 0 Å². The number of ether oxygens (including phenoxy) is 1. The average molecular weight is 289 g/mol. The van der Waals surface area contributed by atoms with Crippen molar-refractivity contribution in [3.05, 3.63) is 59.4 Å². The monoisotopic (exact) mass is 289 g/mol. The number of benzene rings is 2. The highest BCUT2D eigenvalue weighted by molar-refractivity contribution is 5.43. The molecule has 112 valence electrons. The van der Waals surface area contributed by atoms with E-state index in [0.29, 0.717) is 12.2 Å². The van der Waals surface area contributed by atoms with Crippen molar-refractivity contribution in [2.75, 3.05) is 18.5 Å². The second-order valence-electron chi connectivity index (χ2n) is 5.08. The molecular formula is C17H20FNO2. The molecule has 1 unspecified atom stereocenters. The first-order valence-electron chi connectivity index (χ1n) is 6.93. The number of anilines is 1. The van der Waals surface area contributed by atoms with Crippen LogP contribution < -0.4 is 10.1 Å². The van der Waals surface area contributed by atoms with Gasteiger partial charge in [0.15, 0.2) is 0 Å². The maximum atomic E-state index is 13.0. The van der Waals surface area contributed by atoms with Gasteiger partial charge < -0.3 is 15.2 Å². The Hall–Kier alpha value is -2.07. The lowest BCUT2D eigenvalue weighted by Gasteiger charge is -2.16. The third-order valence-electron chi connectivity index (χ3n) is 3.20. The second-order valence-corrected chi connectivity index (χ2v) is 5.08. The standard InChI is InChI=1S/C17H20FNO2/c1-12-5-3-6-13(2)17(12)21-11-16(20)10-19-15-8-4-7-14(18)9-15/h3-9,16,19-20H,10-11H2,1-2H3. The van der Waals surface area contributed by atoms with Crippen LogP contribution in [0.25, 0.3) is 0 Å². The van der Waals surface area contributed by atoms with Gasteiger partial charge in [0.2, 0.25) is 0 Å². The number of rotatable bonds is 6. The zero-order valence-corrected chi connectivity index (χ0v) is 12.3. The van der Waals surface area contributed by atoms with Crippen molar-refractivity contribution < 1.29 is 14.2 Å². The Bertz CT molecular complexity index is 581. The topological polar surface area (TPSA) is 41.5 Å². The third-order valence-corrected chi connectivity index (χ3v) is 3.20. The van der Waals surface area contributed by atoms with Crippen LogP contribution in [-0.2, 0) is 0 Å². The smallest absolute Gasteiger partial charge is 0.125 e. The fraction of sp³-hybridized carbons (Fsp3) is 0.294. The summed E-state index contributed by atoms with van der Waals surface area (Å²) in [6.07, 6.45) is -0.674. The highest BCUT2D eigenvalue weighted by atomic mass is 19.1. The number of nitrogens with one attached hydrogen (secondary N) is 1. The minimum atomic E-state index is -0.674. The number of para-hydroxylation sites is 1. The Labute approximate surface area is 124 Å². The van der Waals surface area contributed by atoms with Crippen LogP contribution >= 0.6 is 0 Å². The lowest BCUT2D eigenvalue weighted by atomic mass is 10.1. The van der Waals surface area contributed by atoms with Gasteiger partial charge in [-0.3, -0.25) is 0 Å². The van der Waals surface area contributed by atoms with Gasteiger partial charge >= 0.3 is 0 Å². The lowest BCUT2D eigenvalue weighted by molar-refractivity contribution is 0.117. The molecular weight excluding hydrogens is 269 g/mol. The van der Waals surface area contributed by atoms with Crippen molar-refractivity contribution in [2.24, 2.45) is 0 Å². The Morgan fingerprint density at radius 2 is 1.81 bits per heavy atom.